The number of carbonyl (C=O) groups excluding carboxylic acids is 1. The van der Waals surface area contributed by atoms with E-state index in [4.69, 9.17) is 0 Å². The van der Waals surface area contributed by atoms with Crippen molar-refractivity contribution in [2.24, 2.45) is 0 Å². The van der Waals surface area contributed by atoms with E-state index in [1.54, 1.807) is 24.1 Å². The number of likely N-dealkylation sites (N-methyl/N-ethyl adjacent to an activating group) is 1. The average molecular weight is 311 g/mol. The Morgan fingerprint density at radius 3 is 2.65 bits per heavy atom. The molecule has 2 heterocycles. The average Bonchev–Trinajstić information content (AvgIpc) is 2.57. The predicted octanol–water partition coefficient (Wildman–Crippen LogP) is 1.81. The van der Waals surface area contributed by atoms with Crippen molar-refractivity contribution in [3.8, 4) is 0 Å². The standard InChI is InChI=1S/C17H17N3O3/c1-10-4-3-5-12-13(10)15(21)14(17(23)20(12)2)19-16(22)11-6-8-18-9-7-11/h3-9,17,21,23H,1-2H3,(H,19,22). The Morgan fingerprint density at radius 1 is 1.26 bits per heavy atom. The molecule has 1 unspecified atom stereocenters. The molecule has 1 aromatic carbocycles. The zero-order valence-electron chi connectivity index (χ0n) is 12.8. The number of hydrogen-bond donors (Lipinski definition) is 3. The van der Waals surface area contributed by atoms with Gasteiger partial charge in [0.05, 0.1) is 5.69 Å². The van der Waals surface area contributed by atoms with Gasteiger partial charge in [-0.1, -0.05) is 12.1 Å². The molecule has 3 rings (SSSR count). The molecule has 1 aromatic heterocycles. The van der Waals surface area contributed by atoms with Crippen molar-refractivity contribution in [1.82, 2.24) is 10.3 Å². The van der Waals surface area contributed by atoms with Gasteiger partial charge in [0.1, 0.15) is 11.5 Å². The molecule has 1 aliphatic heterocycles. The van der Waals surface area contributed by atoms with Gasteiger partial charge in [0.25, 0.3) is 5.91 Å². The largest absolute Gasteiger partial charge is 0.505 e. The Labute approximate surface area is 133 Å². The van der Waals surface area contributed by atoms with Crippen molar-refractivity contribution >= 4 is 17.4 Å². The number of benzene rings is 1. The molecule has 6 heteroatoms. The van der Waals surface area contributed by atoms with Gasteiger partial charge in [-0.05, 0) is 30.7 Å². The highest BCUT2D eigenvalue weighted by Gasteiger charge is 2.32. The van der Waals surface area contributed by atoms with Crippen LogP contribution in [0.2, 0.25) is 0 Å². The van der Waals surface area contributed by atoms with Crippen LogP contribution >= 0.6 is 0 Å². The molecule has 0 saturated heterocycles. The number of amides is 1. The van der Waals surface area contributed by atoms with Crippen LogP contribution in [0, 0.1) is 6.92 Å². The van der Waals surface area contributed by atoms with Crippen LogP contribution in [0.4, 0.5) is 5.69 Å². The Morgan fingerprint density at radius 2 is 1.96 bits per heavy atom. The topological polar surface area (TPSA) is 85.7 Å². The summed E-state index contributed by atoms with van der Waals surface area (Å²) in [4.78, 5) is 17.8. The van der Waals surface area contributed by atoms with E-state index < -0.39 is 12.1 Å². The highest BCUT2D eigenvalue weighted by Crippen LogP contribution is 2.36. The maximum Gasteiger partial charge on any atom is 0.255 e. The van der Waals surface area contributed by atoms with Crippen LogP contribution in [0.15, 0.2) is 48.4 Å². The van der Waals surface area contributed by atoms with Crippen molar-refractivity contribution in [3.63, 3.8) is 0 Å². The fraction of sp³-hybridized carbons (Fsp3) is 0.176. The van der Waals surface area contributed by atoms with E-state index in [9.17, 15) is 15.0 Å². The second-order valence-electron chi connectivity index (χ2n) is 5.41. The van der Waals surface area contributed by atoms with E-state index in [-0.39, 0.29) is 11.5 Å². The van der Waals surface area contributed by atoms with E-state index in [1.165, 1.54) is 12.4 Å². The summed E-state index contributed by atoms with van der Waals surface area (Å²) in [6.45, 7) is 1.86. The van der Waals surface area contributed by atoms with Gasteiger partial charge in [-0.3, -0.25) is 9.78 Å². The van der Waals surface area contributed by atoms with Gasteiger partial charge in [-0.25, -0.2) is 0 Å². The van der Waals surface area contributed by atoms with Gasteiger partial charge < -0.3 is 20.4 Å². The minimum atomic E-state index is -1.14. The Hall–Kier alpha value is -2.86. The smallest absolute Gasteiger partial charge is 0.255 e. The SMILES string of the molecule is Cc1cccc2c1C(O)=C(NC(=O)c1ccncc1)C(O)N2C. The fourth-order valence-electron chi connectivity index (χ4n) is 2.66. The molecular formula is C17H17N3O3. The summed E-state index contributed by atoms with van der Waals surface area (Å²) >= 11 is 0. The number of aliphatic hydroxyl groups is 2. The number of rotatable bonds is 2. The number of nitrogens with zero attached hydrogens (tertiary/aromatic N) is 2. The van der Waals surface area contributed by atoms with E-state index in [2.05, 4.69) is 10.3 Å². The first-order valence-corrected chi connectivity index (χ1v) is 7.16. The summed E-state index contributed by atoms with van der Waals surface area (Å²) in [6, 6.07) is 8.65. The minimum Gasteiger partial charge on any atom is -0.505 e. The summed E-state index contributed by atoms with van der Waals surface area (Å²) in [5, 5.41) is 23.6. The van der Waals surface area contributed by atoms with Gasteiger partial charge >= 0.3 is 0 Å². The number of aliphatic hydroxyl groups excluding tert-OH is 2. The molecule has 0 bridgehead atoms. The minimum absolute atomic E-state index is 0.0658. The highest BCUT2D eigenvalue weighted by molar-refractivity contribution is 5.96. The lowest BCUT2D eigenvalue weighted by atomic mass is 9.98. The third-order valence-corrected chi connectivity index (χ3v) is 3.94. The number of aryl methyl sites for hydroxylation is 1. The normalized spacial score (nSPS) is 17.0. The van der Waals surface area contributed by atoms with Gasteiger partial charge in [0.15, 0.2) is 6.23 Å². The van der Waals surface area contributed by atoms with Crippen LogP contribution in [0.5, 0.6) is 0 Å². The first kappa shape index (κ1) is 15.1. The number of aromatic nitrogens is 1. The summed E-state index contributed by atoms with van der Waals surface area (Å²) in [7, 11) is 1.70. The van der Waals surface area contributed by atoms with Gasteiger partial charge in [-0.15, -0.1) is 0 Å². The number of hydrogen-bond acceptors (Lipinski definition) is 5. The molecule has 0 spiro atoms. The zero-order valence-corrected chi connectivity index (χ0v) is 12.8. The lowest BCUT2D eigenvalue weighted by Crippen LogP contribution is -2.43. The van der Waals surface area contributed by atoms with E-state index in [1.807, 2.05) is 25.1 Å². The number of pyridine rings is 1. The van der Waals surface area contributed by atoms with Crippen LogP contribution in [0.3, 0.4) is 0 Å². The predicted molar refractivity (Wildman–Crippen MR) is 86.8 cm³/mol. The molecule has 6 nitrogen and oxygen atoms in total. The Balaban J connectivity index is 2.02. The number of nitrogens with one attached hydrogen (secondary N) is 1. The fourth-order valence-corrected chi connectivity index (χ4v) is 2.66. The van der Waals surface area contributed by atoms with Crippen molar-refractivity contribution in [2.45, 2.75) is 13.2 Å². The zero-order chi connectivity index (χ0) is 16.6. The second kappa shape index (κ2) is 5.73. The van der Waals surface area contributed by atoms with Crippen molar-refractivity contribution in [2.75, 3.05) is 11.9 Å². The summed E-state index contributed by atoms with van der Waals surface area (Å²) < 4.78 is 0. The molecule has 0 aliphatic carbocycles. The number of anilines is 1. The van der Waals surface area contributed by atoms with E-state index in [0.717, 1.165) is 5.56 Å². The van der Waals surface area contributed by atoms with E-state index in [0.29, 0.717) is 16.8 Å². The molecule has 23 heavy (non-hydrogen) atoms. The van der Waals surface area contributed by atoms with Crippen LogP contribution in [0.25, 0.3) is 5.76 Å². The Kier molecular flexibility index (Phi) is 3.75. The van der Waals surface area contributed by atoms with Gasteiger partial charge in [-0.2, -0.15) is 0 Å². The van der Waals surface area contributed by atoms with Crippen LogP contribution in [0.1, 0.15) is 21.5 Å². The lowest BCUT2D eigenvalue weighted by Gasteiger charge is -2.35. The van der Waals surface area contributed by atoms with E-state index >= 15 is 0 Å². The number of fused-ring (bicyclic) bond motifs is 1. The third kappa shape index (κ3) is 2.53. The van der Waals surface area contributed by atoms with Crippen molar-refractivity contribution < 1.29 is 15.0 Å². The molecule has 0 radical (unpaired) electrons. The van der Waals surface area contributed by atoms with Crippen LogP contribution < -0.4 is 10.2 Å². The van der Waals surface area contributed by atoms with Gasteiger partial charge in [0, 0.05) is 30.6 Å². The quantitative estimate of drug-likeness (QED) is 0.787. The molecule has 0 saturated carbocycles. The summed E-state index contributed by atoms with van der Waals surface area (Å²) in [6.07, 6.45) is 1.87. The maximum atomic E-state index is 12.3. The first-order valence-electron chi connectivity index (χ1n) is 7.16. The Bertz CT molecular complexity index is 787. The van der Waals surface area contributed by atoms with Crippen molar-refractivity contribution in [1.29, 1.82) is 0 Å². The summed E-state index contributed by atoms with van der Waals surface area (Å²) in [5.41, 5.74) is 2.62. The van der Waals surface area contributed by atoms with Crippen LogP contribution in [-0.4, -0.2) is 34.4 Å². The first-order chi connectivity index (χ1) is 11.0. The molecular weight excluding hydrogens is 294 g/mol. The highest BCUT2D eigenvalue weighted by atomic mass is 16.3. The molecule has 2 aromatic rings. The maximum absolute atomic E-state index is 12.3. The second-order valence-corrected chi connectivity index (χ2v) is 5.41. The summed E-state index contributed by atoms with van der Waals surface area (Å²) in [5.74, 6) is -0.537. The molecule has 1 amide bonds. The number of carbonyl (C=O) groups is 1. The molecule has 118 valence electrons. The molecule has 3 N–H and O–H groups in total. The van der Waals surface area contributed by atoms with Gasteiger partial charge in [0.2, 0.25) is 0 Å². The van der Waals surface area contributed by atoms with Crippen LogP contribution in [-0.2, 0) is 0 Å². The van der Waals surface area contributed by atoms with Crippen molar-refractivity contribution in [3.05, 3.63) is 65.1 Å². The lowest BCUT2D eigenvalue weighted by molar-refractivity contribution is 0.0945. The third-order valence-electron chi connectivity index (χ3n) is 3.94. The molecule has 0 fully saturated rings. The molecule has 1 aliphatic rings. The monoisotopic (exact) mass is 311 g/mol. The molecule has 1 atom stereocenters.